The third-order valence-corrected chi connectivity index (χ3v) is 3.89. The third kappa shape index (κ3) is 3.98. The van der Waals surface area contributed by atoms with Gasteiger partial charge >= 0.3 is 0 Å². The predicted molar refractivity (Wildman–Crippen MR) is 85.3 cm³/mol. The predicted octanol–water partition coefficient (Wildman–Crippen LogP) is 4.14. The largest absolute Gasteiger partial charge is 0.322 e. The van der Waals surface area contributed by atoms with Crippen LogP contribution in [0.25, 0.3) is 0 Å². The minimum Gasteiger partial charge on any atom is -0.322 e. The Labute approximate surface area is 128 Å². The van der Waals surface area contributed by atoms with Crippen molar-refractivity contribution in [2.45, 2.75) is 16.7 Å². The van der Waals surface area contributed by atoms with Gasteiger partial charge in [-0.2, -0.15) is 5.26 Å². The van der Waals surface area contributed by atoms with Gasteiger partial charge in [-0.15, -0.1) is 0 Å². The van der Waals surface area contributed by atoms with Crippen LogP contribution >= 0.6 is 11.8 Å². The van der Waals surface area contributed by atoms with Crippen LogP contribution in [0.15, 0.2) is 64.9 Å². The monoisotopic (exact) mass is 294 g/mol. The van der Waals surface area contributed by atoms with Gasteiger partial charge in [-0.3, -0.25) is 4.79 Å². The molecule has 0 aromatic heterocycles. The Hall–Kier alpha value is -2.51. The number of hydrogen-bond donors (Lipinski definition) is 1. The van der Waals surface area contributed by atoms with Gasteiger partial charge in [-0.1, -0.05) is 36.0 Å². The van der Waals surface area contributed by atoms with Gasteiger partial charge in [0, 0.05) is 15.5 Å². The lowest BCUT2D eigenvalue weighted by Gasteiger charge is -2.07. The van der Waals surface area contributed by atoms with Gasteiger partial charge in [0.2, 0.25) is 5.91 Å². The first-order valence-corrected chi connectivity index (χ1v) is 7.16. The summed E-state index contributed by atoms with van der Waals surface area (Å²) in [5.41, 5.74) is 2.31. The molecule has 3 nitrogen and oxygen atoms in total. The van der Waals surface area contributed by atoms with Crippen molar-refractivity contribution >= 4 is 23.4 Å². The molecule has 0 radical (unpaired) electrons. The van der Waals surface area contributed by atoms with Crippen molar-refractivity contribution in [3.05, 3.63) is 66.2 Å². The van der Waals surface area contributed by atoms with E-state index in [1.54, 1.807) is 12.1 Å². The number of amides is 1. The van der Waals surface area contributed by atoms with Crippen LogP contribution in [0.2, 0.25) is 0 Å². The summed E-state index contributed by atoms with van der Waals surface area (Å²) >= 11 is 1.53. The number of rotatable bonds is 4. The summed E-state index contributed by atoms with van der Waals surface area (Å²) in [7, 11) is 0. The van der Waals surface area contributed by atoms with Crippen LogP contribution < -0.4 is 5.32 Å². The van der Waals surface area contributed by atoms with E-state index >= 15 is 0 Å². The van der Waals surface area contributed by atoms with Crippen LogP contribution in [0, 0.1) is 18.3 Å². The summed E-state index contributed by atoms with van der Waals surface area (Å²) < 4.78 is 0. The quantitative estimate of drug-likeness (QED) is 0.862. The highest BCUT2D eigenvalue weighted by atomic mass is 32.2. The molecule has 0 aliphatic heterocycles. The Morgan fingerprint density at radius 1 is 1.29 bits per heavy atom. The topological polar surface area (TPSA) is 52.9 Å². The van der Waals surface area contributed by atoms with Crippen LogP contribution in [0.5, 0.6) is 0 Å². The van der Waals surface area contributed by atoms with Gasteiger partial charge in [0.1, 0.15) is 6.07 Å². The first-order chi connectivity index (χ1) is 10.1. The first kappa shape index (κ1) is 14.9. The zero-order valence-electron chi connectivity index (χ0n) is 11.6. The third-order valence-electron chi connectivity index (χ3n) is 2.80. The van der Waals surface area contributed by atoms with Crippen molar-refractivity contribution in [2.75, 3.05) is 5.32 Å². The zero-order valence-corrected chi connectivity index (χ0v) is 12.4. The lowest BCUT2D eigenvalue weighted by Crippen LogP contribution is -2.07. The van der Waals surface area contributed by atoms with E-state index < -0.39 is 0 Å². The maximum absolute atomic E-state index is 11.3. The molecule has 21 heavy (non-hydrogen) atoms. The second-order valence-corrected chi connectivity index (χ2v) is 5.55. The molecular formula is C17H14N2OS. The second kappa shape index (κ2) is 6.78. The Morgan fingerprint density at radius 2 is 2.00 bits per heavy atom. The number of nitriles is 1. The summed E-state index contributed by atoms with van der Waals surface area (Å²) in [6.07, 6.45) is 1.20. The number of benzene rings is 2. The molecule has 4 heteroatoms. The number of aryl methyl sites for hydroxylation is 1. The minimum atomic E-state index is -0.294. The van der Waals surface area contributed by atoms with Gasteiger partial charge in [-0.05, 0) is 43.3 Å². The normalized spacial score (nSPS) is 9.71. The molecule has 0 saturated heterocycles. The standard InChI is InChI=1S/C17H14N2OS/c1-3-17(20)19-14-6-9-16(13(10-14)11-18)21-15-7-4-12(2)5-8-15/h3-10H,1H2,2H3,(H,19,20). The molecule has 0 unspecified atom stereocenters. The highest BCUT2D eigenvalue weighted by Gasteiger charge is 2.07. The number of anilines is 1. The van der Waals surface area contributed by atoms with Crippen molar-refractivity contribution in [3.63, 3.8) is 0 Å². The number of nitrogens with one attached hydrogen (secondary N) is 1. The fourth-order valence-corrected chi connectivity index (χ4v) is 2.59. The van der Waals surface area contributed by atoms with Crippen LogP contribution in [0.1, 0.15) is 11.1 Å². The minimum absolute atomic E-state index is 0.294. The molecule has 0 saturated carbocycles. The van der Waals surface area contributed by atoms with Crippen molar-refractivity contribution in [1.29, 1.82) is 5.26 Å². The van der Waals surface area contributed by atoms with Gasteiger partial charge in [0.25, 0.3) is 0 Å². The maximum Gasteiger partial charge on any atom is 0.247 e. The fraction of sp³-hybridized carbons (Fsp3) is 0.0588. The molecule has 0 atom stereocenters. The highest BCUT2D eigenvalue weighted by Crippen LogP contribution is 2.31. The molecule has 0 fully saturated rings. The van der Waals surface area contributed by atoms with Gasteiger partial charge in [-0.25, -0.2) is 0 Å². The molecule has 0 aliphatic rings. The average molecular weight is 294 g/mol. The van der Waals surface area contributed by atoms with E-state index in [0.717, 1.165) is 9.79 Å². The number of hydrogen-bond acceptors (Lipinski definition) is 3. The second-order valence-electron chi connectivity index (χ2n) is 4.43. The van der Waals surface area contributed by atoms with E-state index in [4.69, 9.17) is 0 Å². The van der Waals surface area contributed by atoms with E-state index in [1.165, 1.54) is 23.4 Å². The van der Waals surface area contributed by atoms with E-state index in [9.17, 15) is 10.1 Å². The molecule has 104 valence electrons. The molecule has 0 aliphatic carbocycles. The van der Waals surface area contributed by atoms with E-state index in [0.29, 0.717) is 11.3 Å². The van der Waals surface area contributed by atoms with E-state index in [-0.39, 0.29) is 5.91 Å². The van der Waals surface area contributed by atoms with Crippen LogP contribution in [0.4, 0.5) is 5.69 Å². The van der Waals surface area contributed by atoms with E-state index in [1.807, 2.05) is 37.3 Å². The molecule has 1 amide bonds. The Kier molecular flexibility index (Phi) is 4.81. The molecule has 2 aromatic carbocycles. The van der Waals surface area contributed by atoms with Crippen LogP contribution in [-0.2, 0) is 4.79 Å². The van der Waals surface area contributed by atoms with Gasteiger partial charge in [0.15, 0.2) is 0 Å². The number of carbonyl (C=O) groups is 1. The molecule has 0 spiro atoms. The molecule has 2 rings (SSSR count). The summed E-state index contributed by atoms with van der Waals surface area (Å²) in [4.78, 5) is 13.2. The van der Waals surface area contributed by atoms with Crippen LogP contribution in [0.3, 0.4) is 0 Å². The summed E-state index contributed by atoms with van der Waals surface area (Å²) in [5, 5.41) is 11.9. The summed E-state index contributed by atoms with van der Waals surface area (Å²) in [6, 6.07) is 15.6. The van der Waals surface area contributed by atoms with Crippen molar-refractivity contribution in [1.82, 2.24) is 0 Å². The summed E-state index contributed by atoms with van der Waals surface area (Å²) in [5.74, 6) is -0.294. The van der Waals surface area contributed by atoms with Crippen molar-refractivity contribution in [2.24, 2.45) is 0 Å². The Bertz CT molecular complexity index is 715. The maximum atomic E-state index is 11.3. The average Bonchev–Trinajstić information content (AvgIpc) is 2.50. The number of carbonyl (C=O) groups excluding carboxylic acids is 1. The fourth-order valence-electron chi connectivity index (χ4n) is 1.71. The molecular weight excluding hydrogens is 280 g/mol. The smallest absolute Gasteiger partial charge is 0.247 e. The van der Waals surface area contributed by atoms with Crippen molar-refractivity contribution in [3.8, 4) is 6.07 Å². The Morgan fingerprint density at radius 3 is 2.62 bits per heavy atom. The highest BCUT2D eigenvalue weighted by molar-refractivity contribution is 7.99. The lowest BCUT2D eigenvalue weighted by molar-refractivity contribution is -0.111. The van der Waals surface area contributed by atoms with E-state index in [2.05, 4.69) is 18.0 Å². The molecule has 0 bridgehead atoms. The van der Waals surface area contributed by atoms with Crippen molar-refractivity contribution < 1.29 is 4.79 Å². The Balaban J connectivity index is 2.24. The molecule has 1 N–H and O–H groups in total. The van der Waals surface area contributed by atoms with Crippen LogP contribution in [-0.4, -0.2) is 5.91 Å². The molecule has 2 aromatic rings. The summed E-state index contributed by atoms with van der Waals surface area (Å²) in [6.45, 7) is 5.43. The molecule has 0 heterocycles. The van der Waals surface area contributed by atoms with Gasteiger partial charge in [0.05, 0.1) is 5.56 Å². The lowest BCUT2D eigenvalue weighted by atomic mass is 10.2. The van der Waals surface area contributed by atoms with Gasteiger partial charge < -0.3 is 5.32 Å². The SMILES string of the molecule is C=CC(=O)Nc1ccc(Sc2ccc(C)cc2)c(C#N)c1. The number of nitrogens with zero attached hydrogens (tertiary/aromatic N) is 1. The zero-order chi connectivity index (χ0) is 15.2. The first-order valence-electron chi connectivity index (χ1n) is 6.34.